The number of aromatic nitrogens is 1. The molecule has 7 nitrogen and oxygen atoms in total. The Morgan fingerprint density at radius 3 is 2.64 bits per heavy atom. The molecular formula is C21H20N4O3. The van der Waals surface area contributed by atoms with Gasteiger partial charge in [0.05, 0.1) is 13.3 Å². The molecule has 2 aromatic carbocycles. The first-order valence-corrected chi connectivity index (χ1v) is 8.60. The van der Waals surface area contributed by atoms with E-state index in [4.69, 9.17) is 9.47 Å². The predicted octanol–water partition coefficient (Wildman–Crippen LogP) is 3.55. The highest BCUT2D eigenvalue weighted by Crippen LogP contribution is 2.27. The quantitative estimate of drug-likeness (QED) is 0.464. The average Bonchev–Trinajstić information content (AvgIpc) is 2.74. The minimum absolute atomic E-state index is 0.125. The van der Waals surface area contributed by atoms with Gasteiger partial charge in [-0.15, -0.1) is 0 Å². The van der Waals surface area contributed by atoms with Crippen LogP contribution in [0.3, 0.4) is 0 Å². The van der Waals surface area contributed by atoms with Gasteiger partial charge in [0, 0.05) is 11.9 Å². The molecule has 0 radical (unpaired) electrons. The summed E-state index contributed by atoms with van der Waals surface area (Å²) in [6.07, 6.45) is 3.32. The number of carbonyl (C=O) groups excluding carboxylic acids is 1. The summed E-state index contributed by atoms with van der Waals surface area (Å²) in [6.45, 7) is -0.125. The van der Waals surface area contributed by atoms with Crippen LogP contribution in [0.5, 0.6) is 11.5 Å². The van der Waals surface area contributed by atoms with Crippen molar-refractivity contribution >= 4 is 23.6 Å². The third-order valence-electron chi connectivity index (χ3n) is 3.66. The molecule has 28 heavy (non-hydrogen) atoms. The number of rotatable bonds is 8. The number of hydrogen-bond donors (Lipinski definition) is 2. The summed E-state index contributed by atoms with van der Waals surface area (Å²) in [4.78, 5) is 16.1. The van der Waals surface area contributed by atoms with Crippen LogP contribution in [0.4, 0.5) is 11.5 Å². The van der Waals surface area contributed by atoms with E-state index in [2.05, 4.69) is 20.8 Å². The summed E-state index contributed by atoms with van der Waals surface area (Å²) in [5.41, 5.74) is 4.37. The fraction of sp³-hybridized carbons (Fsp3) is 0.0952. The zero-order chi connectivity index (χ0) is 19.6. The Labute approximate surface area is 163 Å². The highest BCUT2D eigenvalue weighted by atomic mass is 16.5. The third-order valence-corrected chi connectivity index (χ3v) is 3.66. The van der Waals surface area contributed by atoms with Crippen molar-refractivity contribution in [2.24, 2.45) is 5.10 Å². The highest BCUT2D eigenvalue weighted by molar-refractivity contribution is 5.91. The lowest BCUT2D eigenvalue weighted by Crippen LogP contribution is -2.20. The molecule has 0 unspecified atom stereocenters. The topological polar surface area (TPSA) is 84.8 Å². The van der Waals surface area contributed by atoms with Gasteiger partial charge >= 0.3 is 0 Å². The van der Waals surface area contributed by atoms with Crippen LogP contribution < -0.4 is 20.2 Å². The first-order valence-electron chi connectivity index (χ1n) is 8.60. The Kier molecular flexibility index (Phi) is 6.57. The van der Waals surface area contributed by atoms with E-state index in [1.165, 1.54) is 0 Å². The second-order valence-corrected chi connectivity index (χ2v) is 5.70. The lowest BCUT2D eigenvalue weighted by atomic mass is 10.2. The lowest BCUT2D eigenvalue weighted by Gasteiger charge is -2.11. The summed E-state index contributed by atoms with van der Waals surface area (Å²) in [5, 5.41) is 6.90. The Bertz CT molecular complexity index is 931. The van der Waals surface area contributed by atoms with Crippen LogP contribution in [0.15, 0.2) is 78.0 Å². The van der Waals surface area contributed by atoms with E-state index in [9.17, 15) is 4.79 Å². The van der Waals surface area contributed by atoms with E-state index < -0.39 is 0 Å². The smallest absolute Gasteiger partial charge is 0.262 e. The Balaban J connectivity index is 1.57. The second kappa shape index (κ2) is 9.72. The maximum absolute atomic E-state index is 12.0. The number of methoxy groups -OCH3 is 1. The summed E-state index contributed by atoms with van der Waals surface area (Å²) in [6, 6.07) is 20.0. The van der Waals surface area contributed by atoms with Gasteiger partial charge in [0.2, 0.25) is 0 Å². The molecule has 2 N–H and O–H groups in total. The number of pyridine rings is 1. The number of nitrogens with zero attached hydrogens (tertiary/aromatic N) is 2. The van der Waals surface area contributed by atoms with Gasteiger partial charge in [-0.2, -0.15) is 5.10 Å². The predicted molar refractivity (Wildman–Crippen MR) is 109 cm³/mol. The molecule has 0 spiro atoms. The second-order valence-electron chi connectivity index (χ2n) is 5.70. The molecule has 142 valence electrons. The molecule has 7 heteroatoms. The van der Waals surface area contributed by atoms with Crippen molar-refractivity contribution < 1.29 is 14.3 Å². The first-order chi connectivity index (χ1) is 13.7. The molecule has 0 fully saturated rings. The van der Waals surface area contributed by atoms with Crippen molar-refractivity contribution in [1.82, 2.24) is 4.98 Å². The van der Waals surface area contributed by atoms with Gasteiger partial charge in [0.1, 0.15) is 5.82 Å². The number of hydrogen-bond acceptors (Lipinski definition) is 6. The largest absolute Gasteiger partial charge is 0.493 e. The summed E-state index contributed by atoms with van der Waals surface area (Å²) < 4.78 is 10.9. The number of nitrogens with one attached hydrogen (secondary N) is 2. The van der Waals surface area contributed by atoms with E-state index in [0.29, 0.717) is 17.3 Å². The number of anilines is 2. The van der Waals surface area contributed by atoms with Crippen LogP contribution in [0.25, 0.3) is 0 Å². The normalized spacial score (nSPS) is 10.5. The van der Waals surface area contributed by atoms with E-state index in [1.807, 2.05) is 54.6 Å². The van der Waals surface area contributed by atoms with Crippen molar-refractivity contribution in [1.29, 1.82) is 0 Å². The van der Waals surface area contributed by atoms with Crippen molar-refractivity contribution in [2.75, 3.05) is 24.5 Å². The number of amides is 1. The van der Waals surface area contributed by atoms with Crippen LogP contribution in [0.1, 0.15) is 5.56 Å². The van der Waals surface area contributed by atoms with E-state index in [1.54, 1.807) is 31.7 Å². The molecule has 0 saturated carbocycles. The molecule has 1 heterocycles. The summed E-state index contributed by atoms with van der Waals surface area (Å²) in [7, 11) is 1.54. The molecule has 0 atom stereocenters. The first kappa shape index (κ1) is 18.9. The van der Waals surface area contributed by atoms with E-state index in [-0.39, 0.29) is 12.5 Å². The Hall–Kier alpha value is -3.87. The fourth-order valence-corrected chi connectivity index (χ4v) is 2.35. The fourth-order valence-electron chi connectivity index (χ4n) is 2.35. The minimum Gasteiger partial charge on any atom is -0.493 e. The molecule has 3 aromatic rings. The van der Waals surface area contributed by atoms with Gasteiger partial charge in [-0.3, -0.25) is 10.2 Å². The molecule has 0 aliphatic carbocycles. The van der Waals surface area contributed by atoms with Crippen LogP contribution >= 0.6 is 0 Å². The van der Waals surface area contributed by atoms with Crippen molar-refractivity contribution in [2.45, 2.75) is 0 Å². The minimum atomic E-state index is -0.251. The third kappa shape index (κ3) is 5.57. The van der Waals surface area contributed by atoms with Gasteiger partial charge in [0.15, 0.2) is 18.1 Å². The van der Waals surface area contributed by atoms with Crippen molar-refractivity contribution in [3.8, 4) is 11.5 Å². The number of benzene rings is 2. The molecule has 1 aromatic heterocycles. The number of carbonyl (C=O) groups is 1. The highest BCUT2D eigenvalue weighted by Gasteiger charge is 2.08. The van der Waals surface area contributed by atoms with Crippen molar-refractivity contribution in [3.05, 3.63) is 78.5 Å². The summed E-state index contributed by atoms with van der Waals surface area (Å²) >= 11 is 0. The monoisotopic (exact) mass is 376 g/mol. The maximum atomic E-state index is 12.0. The van der Waals surface area contributed by atoms with E-state index >= 15 is 0 Å². The molecule has 0 aliphatic heterocycles. The zero-order valence-electron chi connectivity index (χ0n) is 15.3. The number of hydrazone groups is 1. The maximum Gasteiger partial charge on any atom is 0.262 e. The van der Waals surface area contributed by atoms with Gasteiger partial charge in [0.25, 0.3) is 5.91 Å². The molecule has 0 bridgehead atoms. The van der Waals surface area contributed by atoms with Gasteiger partial charge < -0.3 is 14.8 Å². The average molecular weight is 376 g/mol. The van der Waals surface area contributed by atoms with Crippen molar-refractivity contribution in [3.63, 3.8) is 0 Å². The Morgan fingerprint density at radius 1 is 1.07 bits per heavy atom. The van der Waals surface area contributed by atoms with Crippen LogP contribution in [0.2, 0.25) is 0 Å². The van der Waals surface area contributed by atoms with Gasteiger partial charge in [-0.25, -0.2) is 4.98 Å². The molecule has 1 amide bonds. The van der Waals surface area contributed by atoms with Gasteiger partial charge in [-0.1, -0.05) is 24.3 Å². The molecule has 0 saturated heterocycles. The molecule has 3 rings (SSSR count). The molecular weight excluding hydrogens is 356 g/mol. The van der Waals surface area contributed by atoms with Crippen LogP contribution in [0, 0.1) is 0 Å². The van der Waals surface area contributed by atoms with Crippen LogP contribution in [-0.4, -0.2) is 30.8 Å². The number of para-hydroxylation sites is 1. The SMILES string of the molecule is COc1cc(C=NNc2ccccn2)ccc1OCC(=O)Nc1ccccc1. The molecule has 0 aliphatic rings. The lowest BCUT2D eigenvalue weighted by molar-refractivity contribution is -0.118. The standard InChI is InChI=1S/C21H20N4O3/c1-27-19-13-16(14-23-25-20-9-5-6-12-22-20)10-11-18(19)28-15-21(26)24-17-7-3-2-4-8-17/h2-14H,15H2,1H3,(H,22,25)(H,24,26). The van der Waals surface area contributed by atoms with Gasteiger partial charge in [-0.05, 0) is 48.0 Å². The van der Waals surface area contributed by atoms with Crippen LogP contribution in [-0.2, 0) is 4.79 Å². The number of ether oxygens (including phenoxy) is 2. The van der Waals surface area contributed by atoms with E-state index in [0.717, 1.165) is 11.3 Å². The Morgan fingerprint density at radius 2 is 1.89 bits per heavy atom. The summed E-state index contributed by atoms with van der Waals surface area (Å²) in [5.74, 6) is 1.38. The zero-order valence-corrected chi connectivity index (χ0v) is 15.3.